The maximum absolute atomic E-state index is 11.7. The number of ether oxygens (including phenoxy) is 1. The van der Waals surface area contributed by atoms with E-state index < -0.39 is 5.41 Å². The van der Waals surface area contributed by atoms with Crippen molar-refractivity contribution in [1.29, 1.82) is 0 Å². The summed E-state index contributed by atoms with van der Waals surface area (Å²) in [5.41, 5.74) is -0.676. The van der Waals surface area contributed by atoms with Crippen LogP contribution < -0.4 is 0 Å². The number of nitrogens with zero attached hydrogens (tertiary/aromatic N) is 1. The molecule has 1 fully saturated rings. The van der Waals surface area contributed by atoms with Crippen molar-refractivity contribution < 1.29 is 19.1 Å². The van der Waals surface area contributed by atoms with Gasteiger partial charge in [0.2, 0.25) is 11.8 Å². The molecule has 5 nitrogen and oxygen atoms in total. The Hall–Kier alpha value is -1.23. The molecular weight excluding hydrogens is 198 g/mol. The minimum absolute atomic E-state index is 0.0719. The van der Waals surface area contributed by atoms with Crippen molar-refractivity contribution in [3.05, 3.63) is 0 Å². The Kier molecular flexibility index (Phi) is 3.24. The number of methoxy groups -OCH3 is 1. The summed E-state index contributed by atoms with van der Waals surface area (Å²) < 4.78 is 4.64. The first-order valence-corrected chi connectivity index (χ1v) is 4.74. The van der Waals surface area contributed by atoms with Gasteiger partial charge in [-0.1, -0.05) is 13.8 Å². The Morgan fingerprint density at radius 3 is 2.47 bits per heavy atom. The molecule has 0 unspecified atom stereocenters. The van der Waals surface area contributed by atoms with E-state index in [9.17, 15) is 14.4 Å². The number of rotatable bonds is 4. The van der Waals surface area contributed by atoms with Crippen molar-refractivity contribution in [3.8, 4) is 0 Å². The topological polar surface area (TPSA) is 63.7 Å². The van der Waals surface area contributed by atoms with Gasteiger partial charge in [0.15, 0.2) is 5.78 Å². The van der Waals surface area contributed by atoms with Gasteiger partial charge in [-0.05, 0) is 0 Å². The first kappa shape index (κ1) is 11.8. The second-order valence-corrected chi connectivity index (χ2v) is 4.32. The van der Waals surface area contributed by atoms with Gasteiger partial charge in [-0.2, -0.15) is 0 Å². The highest BCUT2D eigenvalue weighted by molar-refractivity contribution is 6.07. The van der Waals surface area contributed by atoms with E-state index in [-0.39, 0.29) is 37.2 Å². The van der Waals surface area contributed by atoms with Crippen molar-refractivity contribution in [2.75, 3.05) is 20.3 Å². The SMILES string of the molecule is COCC(=O)CN1C(=O)CC(C)(C)C1=O. The van der Waals surface area contributed by atoms with Gasteiger partial charge in [-0.25, -0.2) is 0 Å². The highest BCUT2D eigenvalue weighted by Crippen LogP contribution is 2.31. The maximum atomic E-state index is 11.7. The third kappa shape index (κ3) is 2.41. The molecule has 0 aromatic rings. The minimum Gasteiger partial charge on any atom is -0.377 e. The Morgan fingerprint density at radius 1 is 1.47 bits per heavy atom. The number of carbonyl (C=O) groups is 3. The van der Waals surface area contributed by atoms with Gasteiger partial charge in [0.25, 0.3) is 0 Å². The average molecular weight is 213 g/mol. The number of carbonyl (C=O) groups excluding carboxylic acids is 3. The largest absolute Gasteiger partial charge is 0.377 e. The molecule has 0 radical (unpaired) electrons. The number of Topliss-reactive ketones (excluding diaryl/α,β-unsaturated/α-hetero) is 1. The number of hydrogen-bond acceptors (Lipinski definition) is 4. The molecule has 1 aliphatic rings. The second-order valence-electron chi connectivity index (χ2n) is 4.32. The van der Waals surface area contributed by atoms with Gasteiger partial charge in [0.05, 0.1) is 12.0 Å². The van der Waals surface area contributed by atoms with E-state index in [2.05, 4.69) is 4.74 Å². The zero-order valence-corrected chi connectivity index (χ0v) is 9.20. The average Bonchev–Trinajstić information content (AvgIpc) is 2.28. The van der Waals surface area contributed by atoms with Crippen LogP contribution in [-0.4, -0.2) is 42.8 Å². The number of likely N-dealkylation sites (tertiary alicyclic amines) is 1. The third-order valence-electron chi connectivity index (χ3n) is 2.36. The monoisotopic (exact) mass is 213 g/mol. The van der Waals surface area contributed by atoms with Crippen molar-refractivity contribution in [2.45, 2.75) is 20.3 Å². The molecule has 2 amide bonds. The zero-order valence-electron chi connectivity index (χ0n) is 9.20. The van der Waals surface area contributed by atoms with Crippen LogP contribution >= 0.6 is 0 Å². The predicted molar refractivity (Wildman–Crippen MR) is 52.0 cm³/mol. The second kappa shape index (κ2) is 4.10. The molecule has 0 aromatic heterocycles. The first-order valence-electron chi connectivity index (χ1n) is 4.74. The smallest absolute Gasteiger partial charge is 0.235 e. The summed E-state index contributed by atoms with van der Waals surface area (Å²) in [6, 6.07) is 0. The molecule has 0 spiro atoms. The standard InChI is InChI=1S/C10H15NO4/c1-10(2)4-8(13)11(9(10)14)5-7(12)6-15-3/h4-6H2,1-3H3. The van der Waals surface area contributed by atoms with E-state index in [0.717, 1.165) is 4.90 Å². The molecule has 0 atom stereocenters. The van der Waals surface area contributed by atoms with E-state index in [4.69, 9.17) is 0 Å². The number of imide groups is 1. The summed E-state index contributed by atoms with van der Waals surface area (Å²) in [5.74, 6) is -0.830. The summed E-state index contributed by atoms with van der Waals surface area (Å²) in [5, 5.41) is 0. The van der Waals surface area contributed by atoms with Crippen LogP contribution in [0.4, 0.5) is 0 Å². The maximum Gasteiger partial charge on any atom is 0.235 e. The quantitative estimate of drug-likeness (QED) is 0.616. The van der Waals surface area contributed by atoms with Crippen molar-refractivity contribution >= 4 is 17.6 Å². The lowest BCUT2D eigenvalue weighted by atomic mass is 9.92. The molecule has 1 rings (SSSR count). The molecule has 0 aliphatic carbocycles. The Bertz CT molecular complexity index is 309. The molecule has 1 aliphatic heterocycles. The lowest BCUT2D eigenvalue weighted by Gasteiger charge is -2.16. The van der Waals surface area contributed by atoms with Gasteiger partial charge >= 0.3 is 0 Å². The Labute approximate surface area is 88.4 Å². The number of hydrogen-bond donors (Lipinski definition) is 0. The molecule has 1 heterocycles. The van der Waals surface area contributed by atoms with Crippen LogP contribution in [-0.2, 0) is 19.1 Å². The fraction of sp³-hybridized carbons (Fsp3) is 0.700. The van der Waals surface area contributed by atoms with Crippen LogP contribution in [0, 0.1) is 5.41 Å². The predicted octanol–water partition coefficient (Wildman–Crippen LogP) is -0.0130. The van der Waals surface area contributed by atoms with E-state index >= 15 is 0 Å². The van der Waals surface area contributed by atoms with E-state index in [1.54, 1.807) is 13.8 Å². The lowest BCUT2D eigenvalue weighted by molar-refractivity contribution is -0.144. The molecule has 0 aromatic carbocycles. The fourth-order valence-electron chi connectivity index (χ4n) is 1.57. The molecule has 0 N–H and O–H groups in total. The molecular formula is C10H15NO4. The molecule has 1 saturated heterocycles. The van der Waals surface area contributed by atoms with Gasteiger partial charge in [0.1, 0.15) is 6.61 Å². The fourth-order valence-corrected chi connectivity index (χ4v) is 1.57. The summed E-state index contributed by atoms with van der Waals surface area (Å²) in [4.78, 5) is 35.4. The van der Waals surface area contributed by atoms with Crippen molar-refractivity contribution in [2.24, 2.45) is 5.41 Å². The molecule has 15 heavy (non-hydrogen) atoms. The summed E-state index contributed by atoms with van der Waals surface area (Å²) in [6.07, 6.45) is 0.173. The molecule has 0 saturated carbocycles. The summed E-state index contributed by atoms with van der Waals surface area (Å²) in [7, 11) is 1.40. The van der Waals surface area contributed by atoms with E-state index in [1.807, 2.05) is 0 Å². The van der Waals surface area contributed by atoms with Crippen molar-refractivity contribution in [3.63, 3.8) is 0 Å². The van der Waals surface area contributed by atoms with Crippen LogP contribution in [0.15, 0.2) is 0 Å². The van der Waals surface area contributed by atoms with E-state index in [1.165, 1.54) is 7.11 Å². The summed E-state index contributed by atoms with van der Waals surface area (Å²) >= 11 is 0. The Morgan fingerprint density at radius 2 is 2.07 bits per heavy atom. The van der Waals surface area contributed by atoms with Crippen LogP contribution in [0.3, 0.4) is 0 Å². The first-order chi connectivity index (χ1) is 6.88. The third-order valence-corrected chi connectivity index (χ3v) is 2.36. The normalized spacial score (nSPS) is 19.8. The van der Waals surface area contributed by atoms with Gasteiger partial charge < -0.3 is 4.74 Å². The van der Waals surface area contributed by atoms with E-state index in [0.29, 0.717) is 0 Å². The zero-order chi connectivity index (χ0) is 11.6. The van der Waals surface area contributed by atoms with Gasteiger partial charge in [-0.3, -0.25) is 19.3 Å². The highest BCUT2D eigenvalue weighted by atomic mass is 16.5. The molecule has 5 heteroatoms. The van der Waals surface area contributed by atoms with Crippen LogP contribution in [0.2, 0.25) is 0 Å². The minimum atomic E-state index is -0.676. The van der Waals surface area contributed by atoms with Crippen LogP contribution in [0.1, 0.15) is 20.3 Å². The van der Waals surface area contributed by atoms with Crippen LogP contribution in [0.5, 0.6) is 0 Å². The number of ketones is 1. The van der Waals surface area contributed by atoms with Gasteiger partial charge in [-0.15, -0.1) is 0 Å². The van der Waals surface area contributed by atoms with Crippen LogP contribution in [0.25, 0.3) is 0 Å². The number of amides is 2. The Balaban J connectivity index is 2.67. The molecule has 0 bridgehead atoms. The summed E-state index contributed by atoms with van der Waals surface area (Å²) in [6.45, 7) is 3.16. The highest BCUT2D eigenvalue weighted by Gasteiger charge is 2.45. The van der Waals surface area contributed by atoms with Gasteiger partial charge in [0, 0.05) is 13.5 Å². The lowest BCUT2D eigenvalue weighted by Crippen LogP contribution is -2.38. The molecule has 84 valence electrons. The van der Waals surface area contributed by atoms with Crippen molar-refractivity contribution in [1.82, 2.24) is 4.90 Å².